The van der Waals surface area contributed by atoms with Crippen LogP contribution < -0.4 is 5.32 Å². The fourth-order valence-corrected chi connectivity index (χ4v) is 4.05. The van der Waals surface area contributed by atoms with Gasteiger partial charge in [-0.2, -0.15) is 0 Å². The van der Waals surface area contributed by atoms with E-state index in [9.17, 15) is 18.4 Å². The van der Waals surface area contributed by atoms with Crippen molar-refractivity contribution in [3.05, 3.63) is 76.0 Å². The van der Waals surface area contributed by atoms with E-state index in [-0.39, 0.29) is 22.9 Å². The van der Waals surface area contributed by atoms with Crippen molar-refractivity contribution in [2.45, 2.75) is 45.6 Å². The first-order valence-corrected chi connectivity index (χ1v) is 10.3. The molecule has 0 unspecified atom stereocenters. The zero-order valence-corrected chi connectivity index (χ0v) is 17.1. The molecule has 0 spiro atoms. The van der Waals surface area contributed by atoms with E-state index in [0.29, 0.717) is 29.9 Å². The molecule has 4 nitrogen and oxygen atoms in total. The van der Waals surface area contributed by atoms with Crippen molar-refractivity contribution in [3.63, 3.8) is 0 Å². The normalized spacial score (nSPS) is 15.8. The van der Waals surface area contributed by atoms with Gasteiger partial charge >= 0.3 is 0 Å². The number of benzene rings is 2. The lowest BCUT2D eigenvalue weighted by Gasteiger charge is -2.33. The Hall–Kier alpha value is -3.02. The minimum atomic E-state index is -0.660. The number of imide groups is 1. The molecule has 6 heteroatoms. The number of amides is 2. The molecule has 1 fully saturated rings. The van der Waals surface area contributed by atoms with E-state index in [2.05, 4.69) is 5.32 Å². The van der Waals surface area contributed by atoms with Gasteiger partial charge in [0.1, 0.15) is 11.6 Å². The van der Waals surface area contributed by atoms with E-state index in [1.54, 1.807) is 25.1 Å². The molecular formula is C24H24F2N2O2. The molecule has 0 aromatic heterocycles. The number of carbonyl (C=O) groups is 2. The van der Waals surface area contributed by atoms with Gasteiger partial charge in [0.25, 0.3) is 11.8 Å². The van der Waals surface area contributed by atoms with E-state index in [1.165, 1.54) is 12.1 Å². The number of hydrogen-bond acceptors (Lipinski definition) is 3. The highest BCUT2D eigenvalue weighted by atomic mass is 19.1. The second-order valence-corrected chi connectivity index (χ2v) is 7.98. The van der Waals surface area contributed by atoms with Gasteiger partial charge in [-0.05, 0) is 67.5 Å². The number of allylic oxidation sites excluding steroid dienone is 1. The third kappa shape index (κ3) is 3.86. The quantitative estimate of drug-likeness (QED) is 0.724. The summed E-state index contributed by atoms with van der Waals surface area (Å²) in [6.07, 6.45) is 2.79. The average molecular weight is 410 g/mol. The van der Waals surface area contributed by atoms with Crippen molar-refractivity contribution in [1.82, 2.24) is 10.2 Å². The average Bonchev–Trinajstić information content (AvgIpc) is 3.54. The number of nitrogens with zero attached hydrogens (tertiary/aromatic N) is 1. The van der Waals surface area contributed by atoms with Gasteiger partial charge in [-0.25, -0.2) is 8.78 Å². The van der Waals surface area contributed by atoms with E-state index < -0.39 is 17.6 Å². The van der Waals surface area contributed by atoms with Crippen molar-refractivity contribution in [3.8, 4) is 0 Å². The van der Waals surface area contributed by atoms with Gasteiger partial charge in [0, 0.05) is 29.9 Å². The molecule has 30 heavy (non-hydrogen) atoms. The maximum absolute atomic E-state index is 14.5. The zero-order valence-electron chi connectivity index (χ0n) is 17.1. The van der Waals surface area contributed by atoms with Crippen molar-refractivity contribution in [2.75, 3.05) is 6.54 Å². The molecular weight excluding hydrogens is 386 g/mol. The Balaban J connectivity index is 1.65. The molecule has 1 aliphatic carbocycles. The van der Waals surface area contributed by atoms with Crippen molar-refractivity contribution in [1.29, 1.82) is 0 Å². The highest BCUT2D eigenvalue weighted by Crippen LogP contribution is 2.40. The molecule has 2 aliphatic rings. The Kier molecular flexibility index (Phi) is 5.41. The highest BCUT2D eigenvalue weighted by molar-refractivity contribution is 6.26. The highest BCUT2D eigenvalue weighted by Gasteiger charge is 2.30. The fourth-order valence-electron chi connectivity index (χ4n) is 4.05. The first kappa shape index (κ1) is 20.3. The van der Waals surface area contributed by atoms with Gasteiger partial charge in [0.2, 0.25) is 0 Å². The van der Waals surface area contributed by atoms with Crippen LogP contribution in [0.2, 0.25) is 0 Å². The SMILES string of the molecule is CCCN1Cc2c(F)cccc2C(C(=O)NC(=O)c2cc(F)cc(C3CC3)c2)=C1C. The van der Waals surface area contributed by atoms with Crippen molar-refractivity contribution < 1.29 is 18.4 Å². The smallest absolute Gasteiger partial charge is 0.260 e. The van der Waals surface area contributed by atoms with E-state index in [1.807, 2.05) is 11.8 Å². The zero-order chi connectivity index (χ0) is 21.4. The fraction of sp³-hybridized carbons (Fsp3) is 0.333. The monoisotopic (exact) mass is 410 g/mol. The van der Waals surface area contributed by atoms with Crippen LogP contribution in [0.1, 0.15) is 66.1 Å². The molecule has 4 rings (SSSR count). The number of fused-ring (bicyclic) bond motifs is 1. The van der Waals surface area contributed by atoms with Crippen LogP contribution in [-0.4, -0.2) is 23.3 Å². The molecule has 0 bridgehead atoms. The van der Waals surface area contributed by atoms with E-state index in [4.69, 9.17) is 0 Å². The van der Waals surface area contributed by atoms with Crippen molar-refractivity contribution in [2.24, 2.45) is 0 Å². The van der Waals surface area contributed by atoms with Crippen molar-refractivity contribution >= 4 is 17.4 Å². The summed E-state index contributed by atoms with van der Waals surface area (Å²) in [6.45, 7) is 4.85. The summed E-state index contributed by atoms with van der Waals surface area (Å²) in [7, 11) is 0. The summed E-state index contributed by atoms with van der Waals surface area (Å²) in [5.74, 6) is -1.86. The Labute approximate surface area is 174 Å². The first-order chi connectivity index (χ1) is 14.4. The molecule has 2 aromatic rings. The number of halogens is 2. The van der Waals surface area contributed by atoms with Crippen LogP contribution >= 0.6 is 0 Å². The van der Waals surface area contributed by atoms with Gasteiger partial charge in [-0.3, -0.25) is 14.9 Å². The Bertz CT molecular complexity index is 1060. The maximum atomic E-state index is 14.5. The van der Waals surface area contributed by atoms with Crippen LogP contribution in [0.3, 0.4) is 0 Å². The van der Waals surface area contributed by atoms with Gasteiger partial charge in [0.05, 0.1) is 5.57 Å². The summed E-state index contributed by atoms with van der Waals surface area (Å²) in [6, 6.07) is 8.83. The van der Waals surface area contributed by atoms with Crippen LogP contribution in [0.25, 0.3) is 5.57 Å². The Morgan fingerprint density at radius 2 is 1.90 bits per heavy atom. The molecule has 0 saturated heterocycles. The first-order valence-electron chi connectivity index (χ1n) is 10.3. The van der Waals surface area contributed by atoms with Crippen LogP contribution in [0.4, 0.5) is 8.78 Å². The third-order valence-electron chi connectivity index (χ3n) is 5.75. The summed E-state index contributed by atoms with van der Waals surface area (Å²) in [5, 5.41) is 2.38. The van der Waals surface area contributed by atoms with Crippen LogP contribution in [0.5, 0.6) is 0 Å². The molecule has 2 aromatic carbocycles. The Morgan fingerprint density at radius 3 is 2.60 bits per heavy atom. The Morgan fingerprint density at radius 1 is 1.13 bits per heavy atom. The van der Waals surface area contributed by atoms with Crippen LogP contribution in [0, 0.1) is 11.6 Å². The van der Waals surface area contributed by atoms with E-state index in [0.717, 1.165) is 30.9 Å². The van der Waals surface area contributed by atoms with Gasteiger partial charge in [-0.15, -0.1) is 0 Å². The molecule has 156 valence electrons. The molecule has 1 heterocycles. The lowest BCUT2D eigenvalue weighted by molar-refractivity contribution is -0.114. The summed E-state index contributed by atoms with van der Waals surface area (Å²) >= 11 is 0. The lowest BCUT2D eigenvalue weighted by atomic mass is 9.92. The summed E-state index contributed by atoms with van der Waals surface area (Å²) in [5.41, 5.74) is 2.79. The number of nitrogens with one attached hydrogen (secondary N) is 1. The minimum absolute atomic E-state index is 0.115. The topological polar surface area (TPSA) is 49.4 Å². The minimum Gasteiger partial charge on any atom is -0.370 e. The van der Waals surface area contributed by atoms with Crippen LogP contribution in [0.15, 0.2) is 42.1 Å². The summed E-state index contributed by atoms with van der Waals surface area (Å²) < 4.78 is 28.4. The number of hydrogen-bond donors (Lipinski definition) is 1. The molecule has 0 atom stereocenters. The molecule has 1 saturated carbocycles. The predicted molar refractivity (Wildman–Crippen MR) is 111 cm³/mol. The molecule has 0 radical (unpaired) electrons. The maximum Gasteiger partial charge on any atom is 0.260 e. The van der Waals surface area contributed by atoms with E-state index >= 15 is 0 Å². The number of rotatable bonds is 5. The number of carbonyl (C=O) groups excluding carboxylic acids is 2. The molecule has 2 amide bonds. The second-order valence-electron chi connectivity index (χ2n) is 7.98. The lowest BCUT2D eigenvalue weighted by Crippen LogP contribution is -2.36. The second kappa shape index (κ2) is 8.01. The predicted octanol–water partition coefficient (Wildman–Crippen LogP) is 4.76. The van der Waals surface area contributed by atoms with Gasteiger partial charge < -0.3 is 4.90 Å². The van der Waals surface area contributed by atoms with Gasteiger partial charge in [0.15, 0.2) is 0 Å². The molecule has 1 aliphatic heterocycles. The molecule has 1 N–H and O–H groups in total. The van der Waals surface area contributed by atoms with Gasteiger partial charge in [-0.1, -0.05) is 19.1 Å². The third-order valence-corrected chi connectivity index (χ3v) is 5.75. The van der Waals surface area contributed by atoms with Crippen LogP contribution in [-0.2, 0) is 11.3 Å². The standard InChI is InChI=1S/C24H24F2N2O2/c1-3-9-28-13-20-19(5-4-6-21(20)26)22(14(28)2)24(30)27-23(29)17-10-16(15-7-8-15)11-18(25)12-17/h4-6,10-12,15H,3,7-9,13H2,1-2H3,(H,27,29,30). The largest absolute Gasteiger partial charge is 0.370 e. The summed E-state index contributed by atoms with van der Waals surface area (Å²) in [4.78, 5) is 27.8.